The van der Waals surface area contributed by atoms with Crippen LogP contribution in [0.25, 0.3) is 5.65 Å². The summed E-state index contributed by atoms with van der Waals surface area (Å²) < 4.78 is 3.19. The van der Waals surface area contributed by atoms with E-state index in [0.29, 0.717) is 11.5 Å². The highest BCUT2D eigenvalue weighted by Crippen LogP contribution is 2.33. The number of nitrogens with two attached hydrogens (primary N) is 2. The number of halogens is 2. The van der Waals surface area contributed by atoms with Crippen LogP contribution in [0.15, 0.2) is 15.1 Å². The fraction of sp³-hybridized carbons (Fsp3) is 0.400. The second-order valence-corrected chi connectivity index (χ2v) is 6.00. The van der Waals surface area contributed by atoms with E-state index in [9.17, 15) is 0 Å². The average Bonchev–Trinajstić information content (AvgIpc) is 2.91. The second kappa shape index (κ2) is 4.36. The first-order valence-corrected chi connectivity index (χ1v) is 7.15. The first-order chi connectivity index (χ1) is 8.58. The first kappa shape index (κ1) is 12.2. The Morgan fingerprint density at radius 2 is 2.17 bits per heavy atom. The first-order valence-electron chi connectivity index (χ1n) is 5.56. The third kappa shape index (κ3) is 1.79. The minimum atomic E-state index is 0.199. The van der Waals surface area contributed by atoms with Gasteiger partial charge in [-0.25, -0.2) is 4.98 Å². The molecule has 0 amide bonds. The zero-order valence-corrected chi connectivity index (χ0v) is 12.6. The Morgan fingerprint density at radius 1 is 1.39 bits per heavy atom. The molecule has 8 heteroatoms. The van der Waals surface area contributed by atoms with Gasteiger partial charge in [-0.3, -0.25) is 0 Å². The molecule has 0 radical (unpaired) electrons. The molecule has 3 rings (SSSR count). The van der Waals surface area contributed by atoms with Crippen LogP contribution in [-0.2, 0) is 0 Å². The smallest absolute Gasteiger partial charge is 0.173 e. The van der Waals surface area contributed by atoms with Crippen molar-refractivity contribution in [3.05, 3.63) is 15.1 Å². The van der Waals surface area contributed by atoms with E-state index in [2.05, 4.69) is 46.8 Å². The highest BCUT2D eigenvalue weighted by atomic mass is 79.9. The fourth-order valence-electron chi connectivity index (χ4n) is 2.15. The predicted molar refractivity (Wildman–Crippen MR) is 77.6 cm³/mol. The zero-order chi connectivity index (χ0) is 12.9. The molecule has 1 aliphatic rings. The van der Waals surface area contributed by atoms with Gasteiger partial charge in [0.1, 0.15) is 16.1 Å². The van der Waals surface area contributed by atoms with Crippen molar-refractivity contribution in [2.75, 3.05) is 23.7 Å². The Kier molecular flexibility index (Phi) is 2.95. The van der Waals surface area contributed by atoms with E-state index in [1.807, 2.05) is 0 Å². The van der Waals surface area contributed by atoms with E-state index < -0.39 is 0 Å². The number of nitrogens with zero attached hydrogens (tertiary/aromatic N) is 4. The summed E-state index contributed by atoms with van der Waals surface area (Å²) in [5.41, 5.74) is 12.7. The molecule has 2 aromatic rings. The largest absolute Gasteiger partial charge is 0.383 e. The van der Waals surface area contributed by atoms with Gasteiger partial charge in [0.15, 0.2) is 5.65 Å². The van der Waals surface area contributed by atoms with Gasteiger partial charge in [-0.2, -0.15) is 9.61 Å². The molecular formula is C10H12Br2N6. The minimum absolute atomic E-state index is 0.199. The summed E-state index contributed by atoms with van der Waals surface area (Å²) in [5, 5.41) is 4.17. The van der Waals surface area contributed by atoms with E-state index in [0.717, 1.165) is 34.3 Å². The molecule has 6 nitrogen and oxygen atoms in total. The molecule has 1 fully saturated rings. The lowest BCUT2D eigenvalue weighted by Crippen LogP contribution is -2.27. The summed E-state index contributed by atoms with van der Waals surface area (Å²) in [6.45, 7) is 1.70. The molecule has 0 saturated carbocycles. The van der Waals surface area contributed by atoms with Gasteiger partial charge in [0, 0.05) is 19.1 Å². The molecule has 4 N–H and O–H groups in total. The highest BCUT2D eigenvalue weighted by Gasteiger charge is 2.24. The van der Waals surface area contributed by atoms with Gasteiger partial charge in [0.25, 0.3) is 0 Å². The van der Waals surface area contributed by atoms with Gasteiger partial charge in [-0.15, -0.1) is 0 Å². The summed E-state index contributed by atoms with van der Waals surface area (Å²) in [4.78, 5) is 6.75. The van der Waals surface area contributed by atoms with Gasteiger partial charge < -0.3 is 16.4 Å². The lowest BCUT2D eigenvalue weighted by molar-refractivity contribution is 0.751. The van der Waals surface area contributed by atoms with Crippen LogP contribution in [0.1, 0.15) is 6.42 Å². The summed E-state index contributed by atoms with van der Waals surface area (Å²) in [6.07, 6.45) is 2.66. The molecule has 18 heavy (non-hydrogen) atoms. The molecule has 1 aliphatic heterocycles. The van der Waals surface area contributed by atoms with Gasteiger partial charge >= 0.3 is 0 Å². The Bertz CT molecular complexity index is 610. The van der Waals surface area contributed by atoms with Crippen molar-refractivity contribution in [2.24, 2.45) is 5.73 Å². The average molecular weight is 376 g/mol. The SMILES string of the molecule is Nc1c(Br)c(N2CC[C@H](N)C2)nc2c(Br)cnn12. The number of anilines is 2. The maximum atomic E-state index is 6.07. The summed E-state index contributed by atoms with van der Waals surface area (Å²) in [7, 11) is 0. The van der Waals surface area contributed by atoms with E-state index in [-0.39, 0.29) is 6.04 Å². The van der Waals surface area contributed by atoms with Gasteiger partial charge in [-0.05, 0) is 38.3 Å². The number of hydrogen-bond acceptors (Lipinski definition) is 5. The van der Waals surface area contributed by atoms with Crippen molar-refractivity contribution >= 4 is 49.1 Å². The Hall–Kier alpha value is -0.860. The molecule has 0 spiro atoms. The van der Waals surface area contributed by atoms with Crippen LogP contribution in [0.5, 0.6) is 0 Å². The maximum Gasteiger partial charge on any atom is 0.173 e. The maximum absolute atomic E-state index is 6.07. The third-order valence-electron chi connectivity index (χ3n) is 3.09. The van der Waals surface area contributed by atoms with Gasteiger partial charge in [0.2, 0.25) is 0 Å². The van der Waals surface area contributed by atoms with Crippen LogP contribution in [0, 0.1) is 0 Å². The Balaban J connectivity index is 2.17. The molecule has 2 aromatic heterocycles. The molecule has 0 aliphatic carbocycles. The van der Waals surface area contributed by atoms with E-state index in [4.69, 9.17) is 11.5 Å². The molecule has 0 aromatic carbocycles. The monoisotopic (exact) mass is 374 g/mol. The topological polar surface area (TPSA) is 85.5 Å². The van der Waals surface area contributed by atoms with E-state index in [1.54, 1.807) is 10.7 Å². The highest BCUT2D eigenvalue weighted by molar-refractivity contribution is 9.11. The zero-order valence-electron chi connectivity index (χ0n) is 9.48. The Labute approximate surface area is 121 Å². The fourth-order valence-corrected chi connectivity index (χ4v) is 3.00. The van der Waals surface area contributed by atoms with Crippen molar-refractivity contribution in [1.82, 2.24) is 14.6 Å². The van der Waals surface area contributed by atoms with Gasteiger partial charge in [-0.1, -0.05) is 0 Å². The lowest BCUT2D eigenvalue weighted by Gasteiger charge is -2.19. The van der Waals surface area contributed by atoms with Crippen LogP contribution in [0.3, 0.4) is 0 Å². The van der Waals surface area contributed by atoms with E-state index in [1.165, 1.54) is 0 Å². The summed E-state index contributed by atoms with van der Waals surface area (Å²) in [5.74, 6) is 1.37. The van der Waals surface area contributed by atoms with Crippen molar-refractivity contribution < 1.29 is 0 Å². The standard InChI is InChI=1S/C10H12Br2N6/c11-6-3-15-18-8(14)7(12)10(16-9(6)18)17-2-1-5(13)4-17/h3,5H,1-2,4,13-14H2/t5-/m0/s1. The number of rotatable bonds is 1. The molecule has 1 atom stereocenters. The molecule has 3 heterocycles. The predicted octanol–water partition coefficient (Wildman–Crippen LogP) is 1.37. The van der Waals surface area contributed by atoms with E-state index >= 15 is 0 Å². The minimum Gasteiger partial charge on any atom is -0.383 e. The molecule has 0 bridgehead atoms. The van der Waals surface area contributed by atoms with Gasteiger partial charge in [0.05, 0.1) is 10.7 Å². The van der Waals surface area contributed by atoms with Crippen LogP contribution in [0.4, 0.5) is 11.6 Å². The van der Waals surface area contributed by atoms with Crippen molar-refractivity contribution in [1.29, 1.82) is 0 Å². The quantitative estimate of drug-likeness (QED) is 0.786. The summed E-state index contributed by atoms with van der Waals surface area (Å²) in [6, 6.07) is 0.199. The number of nitrogen functional groups attached to an aromatic ring is 1. The Morgan fingerprint density at radius 3 is 2.83 bits per heavy atom. The molecule has 96 valence electrons. The normalized spacial score (nSPS) is 19.9. The van der Waals surface area contributed by atoms with Crippen molar-refractivity contribution in [3.63, 3.8) is 0 Å². The molecular weight excluding hydrogens is 364 g/mol. The second-order valence-electron chi connectivity index (χ2n) is 4.36. The summed E-state index contributed by atoms with van der Waals surface area (Å²) >= 11 is 6.91. The van der Waals surface area contributed by atoms with Crippen LogP contribution in [0.2, 0.25) is 0 Å². The molecule has 1 saturated heterocycles. The molecule has 0 unspecified atom stereocenters. The number of hydrogen-bond donors (Lipinski definition) is 2. The number of aromatic nitrogens is 3. The number of fused-ring (bicyclic) bond motifs is 1. The third-order valence-corrected chi connectivity index (χ3v) is 4.41. The van der Waals surface area contributed by atoms with Crippen LogP contribution in [-0.4, -0.2) is 33.7 Å². The van der Waals surface area contributed by atoms with Crippen LogP contribution < -0.4 is 16.4 Å². The van der Waals surface area contributed by atoms with Crippen LogP contribution >= 0.6 is 31.9 Å². The van der Waals surface area contributed by atoms with Crippen molar-refractivity contribution in [2.45, 2.75) is 12.5 Å². The van der Waals surface area contributed by atoms with Crippen molar-refractivity contribution in [3.8, 4) is 0 Å². The lowest BCUT2D eigenvalue weighted by atomic mass is 10.3.